The maximum Gasteiger partial charge on any atom is 0.244 e. The Morgan fingerprint density at radius 3 is 2.46 bits per heavy atom. The van der Waals surface area contributed by atoms with Crippen molar-refractivity contribution in [2.45, 2.75) is 38.5 Å². The van der Waals surface area contributed by atoms with Gasteiger partial charge in [-0.1, -0.05) is 18.7 Å². The summed E-state index contributed by atoms with van der Waals surface area (Å²) in [6.07, 6.45) is 4.91. The van der Waals surface area contributed by atoms with Crippen LogP contribution in [-0.2, 0) is 11.3 Å². The molecule has 35 heavy (non-hydrogen) atoms. The zero-order chi connectivity index (χ0) is 25.4. The van der Waals surface area contributed by atoms with Gasteiger partial charge in [0.2, 0.25) is 11.7 Å². The van der Waals surface area contributed by atoms with Crippen LogP contribution in [-0.4, -0.2) is 65.3 Å². The van der Waals surface area contributed by atoms with Crippen molar-refractivity contribution in [3.8, 4) is 17.2 Å². The van der Waals surface area contributed by atoms with E-state index in [2.05, 4.69) is 46.5 Å². The number of benzene rings is 1. The van der Waals surface area contributed by atoms with E-state index in [1.54, 1.807) is 62.2 Å². The fourth-order valence-electron chi connectivity index (χ4n) is 3.39. The molecule has 0 aliphatic rings. The SMILES string of the molecule is CCSc1nc(NC(C)C)c2cnn(CCNC(=O)C=Cc3cc(OC)c(OC)c(OC)c3)c2n1. The largest absolute Gasteiger partial charge is 0.493 e. The second kappa shape index (κ2) is 12.3. The Morgan fingerprint density at radius 2 is 1.86 bits per heavy atom. The normalized spacial score (nSPS) is 11.3. The van der Waals surface area contributed by atoms with Crippen molar-refractivity contribution in [1.29, 1.82) is 0 Å². The summed E-state index contributed by atoms with van der Waals surface area (Å²) in [5, 5.41) is 12.3. The minimum absolute atomic E-state index is 0.228. The van der Waals surface area contributed by atoms with Crippen LogP contribution in [0.15, 0.2) is 29.6 Å². The lowest BCUT2D eigenvalue weighted by molar-refractivity contribution is -0.116. The van der Waals surface area contributed by atoms with Gasteiger partial charge in [-0.25, -0.2) is 14.6 Å². The number of thioether (sulfide) groups is 1. The summed E-state index contributed by atoms with van der Waals surface area (Å²) in [5.41, 5.74) is 1.48. The first-order chi connectivity index (χ1) is 16.9. The van der Waals surface area contributed by atoms with Crippen LogP contribution in [0.25, 0.3) is 17.1 Å². The van der Waals surface area contributed by atoms with Gasteiger partial charge < -0.3 is 24.8 Å². The zero-order valence-electron chi connectivity index (χ0n) is 20.9. The molecule has 1 amide bonds. The molecular formula is C24H32N6O4S. The highest BCUT2D eigenvalue weighted by Crippen LogP contribution is 2.38. The van der Waals surface area contributed by atoms with Crippen LogP contribution in [0.5, 0.6) is 17.2 Å². The van der Waals surface area contributed by atoms with Gasteiger partial charge in [-0.3, -0.25) is 4.79 Å². The molecular weight excluding hydrogens is 468 g/mol. The molecule has 0 unspecified atom stereocenters. The van der Waals surface area contributed by atoms with Crippen molar-refractivity contribution in [2.75, 3.05) is 38.9 Å². The fraction of sp³-hybridized carbons (Fsp3) is 0.417. The first kappa shape index (κ1) is 26.1. The van der Waals surface area contributed by atoms with E-state index >= 15 is 0 Å². The number of hydrogen-bond donors (Lipinski definition) is 2. The zero-order valence-corrected chi connectivity index (χ0v) is 21.7. The van der Waals surface area contributed by atoms with Crippen molar-refractivity contribution >= 4 is 40.6 Å². The van der Waals surface area contributed by atoms with E-state index < -0.39 is 0 Å². The Hall–Kier alpha value is -3.47. The van der Waals surface area contributed by atoms with E-state index in [1.807, 2.05) is 0 Å². The van der Waals surface area contributed by atoms with Crippen LogP contribution in [0.2, 0.25) is 0 Å². The van der Waals surface area contributed by atoms with Crippen LogP contribution >= 0.6 is 11.8 Å². The summed E-state index contributed by atoms with van der Waals surface area (Å²) in [7, 11) is 4.64. The topological polar surface area (TPSA) is 112 Å². The first-order valence-electron chi connectivity index (χ1n) is 11.3. The number of anilines is 1. The number of ether oxygens (including phenoxy) is 3. The number of hydrogen-bond acceptors (Lipinski definition) is 9. The molecule has 1 aromatic carbocycles. The van der Waals surface area contributed by atoms with Gasteiger partial charge in [-0.05, 0) is 43.4 Å². The minimum Gasteiger partial charge on any atom is -0.493 e. The van der Waals surface area contributed by atoms with E-state index in [-0.39, 0.29) is 11.9 Å². The number of aromatic nitrogens is 4. The molecule has 11 heteroatoms. The lowest BCUT2D eigenvalue weighted by Gasteiger charge is -2.12. The van der Waals surface area contributed by atoms with Gasteiger partial charge in [-0.2, -0.15) is 5.10 Å². The average Bonchev–Trinajstić information content (AvgIpc) is 3.25. The van der Waals surface area contributed by atoms with E-state index in [0.717, 1.165) is 28.2 Å². The second-order valence-electron chi connectivity index (χ2n) is 7.77. The number of carbonyl (C=O) groups is 1. The number of rotatable bonds is 12. The monoisotopic (exact) mass is 500 g/mol. The van der Waals surface area contributed by atoms with Crippen LogP contribution in [0.3, 0.4) is 0 Å². The van der Waals surface area contributed by atoms with Gasteiger partial charge in [0, 0.05) is 18.7 Å². The Bertz CT molecular complexity index is 1170. The molecule has 0 bridgehead atoms. The second-order valence-corrected chi connectivity index (χ2v) is 9.01. The van der Waals surface area contributed by atoms with E-state index in [0.29, 0.717) is 35.5 Å². The van der Waals surface area contributed by atoms with Crippen molar-refractivity contribution in [3.05, 3.63) is 30.0 Å². The van der Waals surface area contributed by atoms with Gasteiger partial charge in [0.1, 0.15) is 5.82 Å². The van der Waals surface area contributed by atoms with E-state index in [1.165, 1.54) is 6.08 Å². The van der Waals surface area contributed by atoms with Gasteiger partial charge in [-0.15, -0.1) is 0 Å². The number of nitrogens with zero attached hydrogens (tertiary/aromatic N) is 4. The molecule has 10 nitrogen and oxygen atoms in total. The van der Waals surface area contributed by atoms with E-state index in [4.69, 9.17) is 14.2 Å². The Labute approximate surface area is 209 Å². The number of amides is 1. The summed E-state index contributed by atoms with van der Waals surface area (Å²) in [6.45, 7) is 7.05. The van der Waals surface area contributed by atoms with Gasteiger partial charge >= 0.3 is 0 Å². The number of carbonyl (C=O) groups excluding carboxylic acids is 1. The Balaban J connectivity index is 1.68. The summed E-state index contributed by atoms with van der Waals surface area (Å²) in [4.78, 5) is 21.7. The quantitative estimate of drug-likeness (QED) is 0.219. The summed E-state index contributed by atoms with van der Waals surface area (Å²) < 4.78 is 17.8. The molecule has 2 aromatic heterocycles. The molecule has 2 N–H and O–H groups in total. The average molecular weight is 501 g/mol. The van der Waals surface area contributed by atoms with Crippen molar-refractivity contribution in [1.82, 2.24) is 25.1 Å². The maximum atomic E-state index is 12.4. The molecule has 0 aliphatic heterocycles. The van der Waals surface area contributed by atoms with Crippen LogP contribution < -0.4 is 24.8 Å². The van der Waals surface area contributed by atoms with Crippen molar-refractivity contribution in [3.63, 3.8) is 0 Å². The van der Waals surface area contributed by atoms with Crippen LogP contribution in [0.1, 0.15) is 26.3 Å². The molecule has 0 radical (unpaired) electrons. The molecule has 3 rings (SSSR count). The third kappa shape index (κ3) is 6.56. The standard InChI is InChI=1S/C24H32N6O4S/c1-7-35-24-28-22(27-15(2)3)17-14-26-30(23(17)29-24)11-10-25-20(31)9-8-16-12-18(32-4)21(34-6)19(13-16)33-5/h8-9,12-15H,7,10-11H2,1-6H3,(H,25,31)(H,27,28,29). The lowest BCUT2D eigenvalue weighted by atomic mass is 10.1. The van der Waals surface area contributed by atoms with Gasteiger partial charge in [0.25, 0.3) is 0 Å². The molecule has 0 atom stereocenters. The molecule has 0 aliphatic carbocycles. The predicted octanol–water partition coefficient (Wildman–Crippen LogP) is 3.61. The van der Waals surface area contributed by atoms with Crippen molar-refractivity contribution < 1.29 is 19.0 Å². The van der Waals surface area contributed by atoms with Crippen LogP contribution in [0.4, 0.5) is 5.82 Å². The molecule has 3 aromatic rings. The molecule has 188 valence electrons. The minimum atomic E-state index is -0.228. The van der Waals surface area contributed by atoms with Gasteiger partial charge in [0.05, 0.1) is 39.5 Å². The Kier molecular flexibility index (Phi) is 9.18. The Morgan fingerprint density at radius 1 is 1.14 bits per heavy atom. The molecule has 0 saturated heterocycles. The number of nitrogens with one attached hydrogen (secondary N) is 2. The highest BCUT2D eigenvalue weighted by molar-refractivity contribution is 7.99. The summed E-state index contributed by atoms with van der Waals surface area (Å²) in [5.74, 6) is 2.95. The molecule has 0 saturated carbocycles. The molecule has 0 spiro atoms. The van der Waals surface area contributed by atoms with Crippen LogP contribution in [0, 0.1) is 0 Å². The van der Waals surface area contributed by atoms with Crippen molar-refractivity contribution in [2.24, 2.45) is 0 Å². The van der Waals surface area contributed by atoms with Gasteiger partial charge in [0.15, 0.2) is 22.3 Å². The first-order valence-corrected chi connectivity index (χ1v) is 12.3. The predicted molar refractivity (Wildman–Crippen MR) is 139 cm³/mol. The number of methoxy groups -OCH3 is 3. The highest BCUT2D eigenvalue weighted by Gasteiger charge is 2.14. The molecule has 2 heterocycles. The summed E-state index contributed by atoms with van der Waals surface area (Å²) >= 11 is 1.58. The maximum absolute atomic E-state index is 12.4. The number of fused-ring (bicyclic) bond motifs is 1. The van der Waals surface area contributed by atoms with E-state index in [9.17, 15) is 4.79 Å². The lowest BCUT2D eigenvalue weighted by Crippen LogP contribution is -2.25. The third-order valence-electron chi connectivity index (χ3n) is 4.91. The fourth-order valence-corrected chi connectivity index (χ4v) is 3.95. The summed E-state index contributed by atoms with van der Waals surface area (Å²) in [6, 6.07) is 3.78. The highest BCUT2D eigenvalue weighted by atomic mass is 32.2. The third-order valence-corrected chi connectivity index (χ3v) is 5.64. The smallest absolute Gasteiger partial charge is 0.244 e. The molecule has 0 fully saturated rings.